The van der Waals surface area contributed by atoms with Crippen LogP contribution in [0.2, 0.25) is 0 Å². The second kappa shape index (κ2) is 4.88. The lowest BCUT2D eigenvalue weighted by atomic mass is 10.1. The highest BCUT2D eigenvalue weighted by Crippen LogP contribution is 2.18. The van der Waals surface area contributed by atoms with Gasteiger partial charge in [0.05, 0.1) is 5.69 Å². The minimum atomic E-state index is 0.495. The van der Waals surface area contributed by atoms with Crippen molar-refractivity contribution < 1.29 is 0 Å². The number of aromatic nitrogens is 3. The number of hydrogen-bond acceptors (Lipinski definition) is 2. The van der Waals surface area contributed by atoms with Gasteiger partial charge in [-0.1, -0.05) is 6.92 Å². The Morgan fingerprint density at radius 2 is 2.12 bits per heavy atom. The van der Waals surface area contributed by atoms with E-state index in [0.717, 1.165) is 29.2 Å². The van der Waals surface area contributed by atoms with Crippen LogP contribution in [0.15, 0.2) is 18.3 Å². The topological polar surface area (TPSA) is 30.7 Å². The maximum Gasteiger partial charge on any atom is 0.153 e. The maximum atomic E-state index is 5.83. The van der Waals surface area contributed by atoms with Gasteiger partial charge in [0, 0.05) is 17.8 Å². The Labute approximate surface area is 106 Å². The van der Waals surface area contributed by atoms with Crippen molar-refractivity contribution in [2.75, 3.05) is 0 Å². The van der Waals surface area contributed by atoms with Gasteiger partial charge < -0.3 is 0 Å². The molecule has 0 aliphatic carbocycles. The first kappa shape index (κ1) is 12.1. The molecule has 17 heavy (non-hydrogen) atoms. The fourth-order valence-corrected chi connectivity index (χ4v) is 2.24. The van der Waals surface area contributed by atoms with Gasteiger partial charge in [-0.2, -0.15) is 5.10 Å². The van der Waals surface area contributed by atoms with Crippen molar-refractivity contribution in [1.82, 2.24) is 14.8 Å². The summed E-state index contributed by atoms with van der Waals surface area (Å²) in [4.78, 5) is 4.35. The van der Waals surface area contributed by atoms with E-state index in [1.807, 2.05) is 23.7 Å². The van der Waals surface area contributed by atoms with E-state index in [4.69, 9.17) is 11.6 Å². The van der Waals surface area contributed by atoms with Gasteiger partial charge in [0.2, 0.25) is 0 Å². The van der Waals surface area contributed by atoms with Crippen LogP contribution in [-0.4, -0.2) is 14.8 Å². The normalized spacial score (nSPS) is 10.8. The Hall–Kier alpha value is -1.35. The molecule has 0 aliphatic heterocycles. The van der Waals surface area contributed by atoms with E-state index in [1.54, 1.807) is 6.20 Å². The summed E-state index contributed by atoms with van der Waals surface area (Å²) < 4.78 is 1.89. The van der Waals surface area contributed by atoms with Crippen LogP contribution in [0.25, 0.3) is 5.82 Å². The van der Waals surface area contributed by atoms with Gasteiger partial charge in [-0.3, -0.25) is 0 Å². The molecule has 0 saturated carbocycles. The fourth-order valence-electron chi connectivity index (χ4n) is 2.07. The van der Waals surface area contributed by atoms with E-state index >= 15 is 0 Å². The lowest BCUT2D eigenvalue weighted by Crippen LogP contribution is -2.02. The highest BCUT2D eigenvalue weighted by molar-refractivity contribution is 6.17. The number of nitrogens with zero attached hydrogens (tertiary/aromatic N) is 3. The van der Waals surface area contributed by atoms with Crippen molar-refractivity contribution in [2.24, 2.45) is 0 Å². The van der Waals surface area contributed by atoms with Gasteiger partial charge in [-0.15, -0.1) is 11.6 Å². The fraction of sp³-hybridized carbons (Fsp3) is 0.385. The largest absolute Gasteiger partial charge is 0.237 e. The minimum Gasteiger partial charge on any atom is -0.237 e. The number of aryl methyl sites for hydroxylation is 1. The van der Waals surface area contributed by atoms with Gasteiger partial charge in [0.15, 0.2) is 5.82 Å². The summed E-state index contributed by atoms with van der Waals surface area (Å²) in [6, 6.07) is 3.90. The summed E-state index contributed by atoms with van der Waals surface area (Å²) >= 11 is 5.83. The Balaban J connectivity index is 2.52. The Bertz CT molecular complexity index is 531. The molecular weight excluding hydrogens is 234 g/mol. The first-order valence-electron chi connectivity index (χ1n) is 5.73. The molecule has 2 aromatic heterocycles. The monoisotopic (exact) mass is 249 g/mol. The van der Waals surface area contributed by atoms with E-state index in [9.17, 15) is 0 Å². The zero-order chi connectivity index (χ0) is 12.4. The zero-order valence-corrected chi connectivity index (χ0v) is 11.1. The summed E-state index contributed by atoms with van der Waals surface area (Å²) in [6.07, 6.45) is 2.77. The molecule has 0 radical (unpaired) electrons. The highest BCUT2D eigenvalue weighted by atomic mass is 35.5. The summed E-state index contributed by atoms with van der Waals surface area (Å²) in [5, 5.41) is 4.54. The number of alkyl halides is 1. The molecule has 0 atom stereocenters. The average molecular weight is 250 g/mol. The summed E-state index contributed by atoms with van der Waals surface area (Å²) in [5.74, 6) is 1.33. The minimum absolute atomic E-state index is 0.495. The van der Waals surface area contributed by atoms with Crippen LogP contribution in [0.1, 0.15) is 29.4 Å². The lowest BCUT2D eigenvalue weighted by Gasteiger charge is -2.05. The van der Waals surface area contributed by atoms with Crippen molar-refractivity contribution in [1.29, 1.82) is 0 Å². The van der Waals surface area contributed by atoms with Crippen molar-refractivity contribution in [3.63, 3.8) is 0 Å². The van der Waals surface area contributed by atoms with Crippen LogP contribution >= 0.6 is 11.6 Å². The van der Waals surface area contributed by atoms with Gasteiger partial charge in [-0.05, 0) is 43.5 Å². The number of rotatable bonds is 3. The molecule has 4 heteroatoms. The van der Waals surface area contributed by atoms with Gasteiger partial charge >= 0.3 is 0 Å². The number of pyridine rings is 1. The van der Waals surface area contributed by atoms with E-state index in [0.29, 0.717) is 5.88 Å². The maximum absolute atomic E-state index is 5.83. The molecule has 0 spiro atoms. The molecule has 0 N–H and O–H groups in total. The molecule has 90 valence electrons. The second-order valence-electron chi connectivity index (χ2n) is 4.07. The average Bonchev–Trinajstić information content (AvgIpc) is 2.64. The van der Waals surface area contributed by atoms with Crippen LogP contribution in [0, 0.1) is 13.8 Å². The second-order valence-corrected chi connectivity index (χ2v) is 4.34. The predicted octanol–water partition coefficient (Wildman–Crippen LogP) is 3.19. The van der Waals surface area contributed by atoms with Gasteiger partial charge in [0.25, 0.3) is 0 Å². The van der Waals surface area contributed by atoms with Crippen molar-refractivity contribution >= 4 is 11.6 Å². The molecule has 0 unspecified atom stereocenters. The smallest absolute Gasteiger partial charge is 0.153 e. The first-order chi connectivity index (χ1) is 8.17. The van der Waals surface area contributed by atoms with Gasteiger partial charge in [0.1, 0.15) is 0 Å². The van der Waals surface area contributed by atoms with E-state index < -0.39 is 0 Å². The lowest BCUT2D eigenvalue weighted by molar-refractivity contribution is 0.803. The summed E-state index contributed by atoms with van der Waals surface area (Å²) in [5.41, 5.74) is 4.58. The molecule has 0 saturated heterocycles. The van der Waals surface area contributed by atoms with Crippen molar-refractivity contribution in [3.8, 4) is 5.82 Å². The molecule has 0 aliphatic rings. The number of hydrogen-bond donors (Lipinski definition) is 0. The molecule has 2 aromatic rings. The molecule has 0 bridgehead atoms. The molecule has 0 amide bonds. The van der Waals surface area contributed by atoms with Crippen molar-refractivity contribution in [3.05, 3.63) is 40.8 Å². The van der Waals surface area contributed by atoms with Crippen LogP contribution in [0.4, 0.5) is 0 Å². The molecule has 2 heterocycles. The van der Waals surface area contributed by atoms with Crippen molar-refractivity contribution in [2.45, 2.75) is 33.1 Å². The standard InChI is InChI=1S/C13H16ClN3/c1-4-12-9(2)16-17(10(12)3)13-7-11(8-14)5-6-15-13/h5-7H,4,8H2,1-3H3. The third-order valence-corrected chi connectivity index (χ3v) is 3.28. The zero-order valence-electron chi connectivity index (χ0n) is 10.4. The molecule has 3 nitrogen and oxygen atoms in total. The molecule has 2 rings (SSSR count). The van der Waals surface area contributed by atoms with Gasteiger partial charge in [-0.25, -0.2) is 9.67 Å². The van der Waals surface area contributed by atoms with Crippen LogP contribution in [0.5, 0.6) is 0 Å². The SMILES string of the molecule is CCc1c(C)nn(-c2cc(CCl)ccn2)c1C. The molecular formula is C13H16ClN3. The van der Waals surface area contributed by atoms with Crippen LogP contribution in [0.3, 0.4) is 0 Å². The third-order valence-electron chi connectivity index (χ3n) is 2.98. The molecule has 0 fully saturated rings. The van der Waals surface area contributed by atoms with Crippen LogP contribution < -0.4 is 0 Å². The van der Waals surface area contributed by atoms with E-state index in [2.05, 4.69) is 23.9 Å². The highest BCUT2D eigenvalue weighted by Gasteiger charge is 2.11. The summed E-state index contributed by atoms with van der Waals surface area (Å²) in [6.45, 7) is 6.26. The Morgan fingerprint density at radius 1 is 1.35 bits per heavy atom. The van der Waals surface area contributed by atoms with E-state index in [1.165, 1.54) is 5.56 Å². The Kier molecular flexibility index (Phi) is 3.48. The van der Waals surface area contributed by atoms with E-state index in [-0.39, 0.29) is 0 Å². The predicted molar refractivity (Wildman–Crippen MR) is 69.8 cm³/mol. The first-order valence-corrected chi connectivity index (χ1v) is 6.27. The number of halogens is 1. The quantitative estimate of drug-likeness (QED) is 0.783. The Morgan fingerprint density at radius 3 is 2.71 bits per heavy atom. The van der Waals surface area contributed by atoms with Crippen LogP contribution in [-0.2, 0) is 12.3 Å². The summed E-state index contributed by atoms with van der Waals surface area (Å²) in [7, 11) is 0. The third kappa shape index (κ3) is 2.20. The molecule has 0 aromatic carbocycles.